The summed E-state index contributed by atoms with van der Waals surface area (Å²) >= 11 is 0. The first-order chi connectivity index (χ1) is 8.18. The summed E-state index contributed by atoms with van der Waals surface area (Å²) in [6.07, 6.45) is 7.44. The zero-order valence-electron chi connectivity index (χ0n) is 11.1. The van der Waals surface area contributed by atoms with Crippen molar-refractivity contribution in [1.29, 1.82) is 0 Å². The van der Waals surface area contributed by atoms with Crippen molar-refractivity contribution in [2.45, 2.75) is 57.9 Å². The van der Waals surface area contributed by atoms with Gasteiger partial charge in [0.1, 0.15) is 0 Å². The van der Waals surface area contributed by atoms with Crippen molar-refractivity contribution in [3.05, 3.63) is 12.2 Å². The van der Waals surface area contributed by atoms with Crippen molar-refractivity contribution in [3.63, 3.8) is 0 Å². The molecule has 1 heterocycles. The van der Waals surface area contributed by atoms with Crippen LogP contribution in [0.3, 0.4) is 0 Å². The number of rotatable bonds is 7. The summed E-state index contributed by atoms with van der Waals surface area (Å²) in [5, 5.41) is 6.48. The molecule has 0 spiro atoms. The molecule has 1 saturated heterocycles. The van der Waals surface area contributed by atoms with E-state index in [4.69, 9.17) is 0 Å². The molecule has 1 fully saturated rings. The fraction of sp³-hybridized carbons (Fsp3) is 0.786. The molecule has 3 nitrogen and oxygen atoms in total. The molecule has 3 heteroatoms. The Balaban J connectivity index is 1.97. The highest BCUT2D eigenvalue weighted by Gasteiger charge is 2.12. The Morgan fingerprint density at radius 2 is 2.24 bits per heavy atom. The summed E-state index contributed by atoms with van der Waals surface area (Å²) in [7, 11) is 0. The predicted molar refractivity (Wildman–Crippen MR) is 71.9 cm³/mol. The first-order valence-corrected chi connectivity index (χ1v) is 6.83. The molecular weight excluding hydrogens is 212 g/mol. The highest BCUT2D eigenvalue weighted by Crippen LogP contribution is 2.09. The van der Waals surface area contributed by atoms with Crippen LogP contribution in [0.5, 0.6) is 0 Å². The molecule has 0 aromatic rings. The lowest BCUT2D eigenvalue weighted by atomic mass is 10.0. The van der Waals surface area contributed by atoms with Gasteiger partial charge in [-0.3, -0.25) is 4.79 Å². The Morgan fingerprint density at radius 3 is 2.88 bits per heavy atom. The number of nitrogens with one attached hydrogen (secondary N) is 2. The molecule has 1 aliphatic heterocycles. The first-order valence-electron chi connectivity index (χ1n) is 6.83. The van der Waals surface area contributed by atoms with Crippen LogP contribution < -0.4 is 10.6 Å². The molecule has 0 radical (unpaired) electrons. The average molecular weight is 238 g/mol. The Bertz CT molecular complexity index is 245. The van der Waals surface area contributed by atoms with Crippen LogP contribution in [0.2, 0.25) is 0 Å². The fourth-order valence-corrected chi connectivity index (χ4v) is 2.20. The second kappa shape index (κ2) is 8.29. The maximum absolute atomic E-state index is 11.5. The molecule has 0 aromatic heterocycles. The van der Waals surface area contributed by atoms with E-state index in [1.165, 1.54) is 19.3 Å². The third kappa shape index (κ3) is 7.16. The van der Waals surface area contributed by atoms with Gasteiger partial charge in [-0.1, -0.05) is 12.0 Å². The molecule has 17 heavy (non-hydrogen) atoms. The summed E-state index contributed by atoms with van der Waals surface area (Å²) in [5.74, 6) is 0.182. The third-order valence-corrected chi connectivity index (χ3v) is 3.23. The lowest BCUT2D eigenvalue weighted by Gasteiger charge is -2.23. The number of hydrogen-bond donors (Lipinski definition) is 2. The second-order valence-electron chi connectivity index (χ2n) is 5.10. The molecule has 1 aliphatic rings. The van der Waals surface area contributed by atoms with E-state index in [0.717, 1.165) is 37.9 Å². The highest BCUT2D eigenvalue weighted by atomic mass is 16.1. The van der Waals surface area contributed by atoms with E-state index in [0.29, 0.717) is 12.5 Å². The minimum Gasteiger partial charge on any atom is -0.356 e. The minimum absolute atomic E-state index is 0.182. The second-order valence-corrected chi connectivity index (χ2v) is 5.10. The molecule has 0 aromatic carbocycles. The van der Waals surface area contributed by atoms with Crippen LogP contribution in [0, 0.1) is 0 Å². The Labute approximate surface area is 105 Å². The molecule has 1 rings (SSSR count). The van der Waals surface area contributed by atoms with Gasteiger partial charge in [-0.2, -0.15) is 0 Å². The van der Waals surface area contributed by atoms with E-state index in [1.807, 2.05) is 6.92 Å². The van der Waals surface area contributed by atoms with E-state index in [1.54, 1.807) is 0 Å². The van der Waals surface area contributed by atoms with Crippen LogP contribution in [-0.2, 0) is 4.79 Å². The topological polar surface area (TPSA) is 41.1 Å². The maximum Gasteiger partial charge on any atom is 0.220 e. The van der Waals surface area contributed by atoms with Gasteiger partial charge in [-0.15, -0.1) is 6.58 Å². The van der Waals surface area contributed by atoms with Crippen LogP contribution in [0.25, 0.3) is 0 Å². The van der Waals surface area contributed by atoms with Crippen molar-refractivity contribution in [1.82, 2.24) is 10.6 Å². The molecule has 0 aliphatic carbocycles. The van der Waals surface area contributed by atoms with Gasteiger partial charge in [0.25, 0.3) is 0 Å². The zero-order chi connectivity index (χ0) is 12.5. The van der Waals surface area contributed by atoms with Crippen LogP contribution in [0.1, 0.15) is 51.9 Å². The Morgan fingerprint density at radius 1 is 1.41 bits per heavy atom. The molecule has 98 valence electrons. The average Bonchev–Trinajstić information content (AvgIpc) is 2.30. The van der Waals surface area contributed by atoms with Crippen molar-refractivity contribution in [2.24, 2.45) is 0 Å². The van der Waals surface area contributed by atoms with Gasteiger partial charge < -0.3 is 10.6 Å². The SMILES string of the molecule is C=C(C)CCCC(=O)NCCC1CCCCN1. The van der Waals surface area contributed by atoms with Crippen LogP contribution in [-0.4, -0.2) is 25.0 Å². The number of hydrogen-bond acceptors (Lipinski definition) is 2. The molecule has 2 N–H and O–H groups in total. The standard InChI is InChI=1S/C14H26N2O/c1-12(2)6-5-8-14(17)16-11-9-13-7-3-4-10-15-13/h13,15H,1,3-11H2,2H3,(H,16,17). The van der Waals surface area contributed by atoms with Crippen molar-refractivity contribution >= 4 is 5.91 Å². The summed E-state index contributed by atoms with van der Waals surface area (Å²) in [6, 6.07) is 0.611. The largest absolute Gasteiger partial charge is 0.356 e. The van der Waals surface area contributed by atoms with Crippen molar-refractivity contribution in [3.8, 4) is 0 Å². The summed E-state index contributed by atoms with van der Waals surface area (Å²) in [5.41, 5.74) is 1.16. The van der Waals surface area contributed by atoms with E-state index in [2.05, 4.69) is 17.2 Å². The summed E-state index contributed by atoms with van der Waals surface area (Å²) in [6.45, 7) is 7.79. The van der Waals surface area contributed by atoms with Gasteiger partial charge in [-0.25, -0.2) is 0 Å². The number of allylic oxidation sites excluding steroid dienone is 1. The molecule has 0 bridgehead atoms. The van der Waals surface area contributed by atoms with Gasteiger partial charge in [0.2, 0.25) is 5.91 Å². The maximum atomic E-state index is 11.5. The van der Waals surface area contributed by atoms with E-state index < -0.39 is 0 Å². The number of carbonyl (C=O) groups is 1. The summed E-state index contributed by atoms with van der Waals surface area (Å²) < 4.78 is 0. The highest BCUT2D eigenvalue weighted by molar-refractivity contribution is 5.75. The predicted octanol–water partition coefficient (Wildman–Crippen LogP) is 2.38. The molecule has 1 unspecified atom stereocenters. The zero-order valence-corrected chi connectivity index (χ0v) is 11.1. The third-order valence-electron chi connectivity index (χ3n) is 3.23. The van der Waals surface area contributed by atoms with Gasteiger partial charge in [-0.05, 0) is 45.6 Å². The van der Waals surface area contributed by atoms with E-state index in [-0.39, 0.29) is 5.91 Å². The minimum atomic E-state index is 0.182. The molecular formula is C14H26N2O. The Hall–Kier alpha value is -0.830. The monoisotopic (exact) mass is 238 g/mol. The van der Waals surface area contributed by atoms with Gasteiger partial charge in [0, 0.05) is 19.0 Å². The summed E-state index contributed by atoms with van der Waals surface area (Å²) in [4.78, 5) is 11.5. The Kier molecular flexibility index (Phi) is 6.94. The smallest absolute Gasteiger partial charge is 0.220 e. The normalized spacial score (nSPS) is 19.9. The van der Waals surface area contributed by atoms with E-state index in [9.17, 15) is 4.79 Å². The lowest BCUT2D eigenvalue weighted by molar-refractivity contribution is -0.121. The van der Waals surface area contributed by atoms with Crippen LogP contribution >= 0.6 is 0 Å². The number of piperidine rings is 1. The number of amides is 1. The van der Waals surface area contributed by atoms with Crippen molar-refractivity contribution in [2.75, 3.05) is 13.1 Å². The van der Waals surface area contributed by atoms with Gasteiger partial charge >= 0.3 is 0 Å². The molecule has 1 atom stereocenters. The van der Waals surface area contributed by atoms with E-state index >= 15 is 0 Å². The van der Waals surface area contributed by atoms with Crippen molar-refractivity contribution < 1.29 is 4.79 Å². The molecule has 0 saturated carbocycles. The first kappa shape index (κ1) is 14.2. The quantitative estimate of drug-likeness (QED) is 0.669. The number of carbonyl (C=O) groups excluding carboxylic acids is 1. The molecule has 1 amide bonds. The van der Waals surface area contributed by atoms with Crippen LogP contribution in [0.4, 0.5) is 0 Å². The van der Waals surface area contributed by atoms with Gasteiger partial charge in [0.15, 0.2) is 0 Å². The van der Waals surface area contributed by atoms with Gasteiger partial charge in [0.05, 0.1) is 0 Å². The fourth-order valence-electron chi connectivity index (χ4n) is 2.20. The van der Waals surface area contributed by atoms with Crippen LogP contribution in [0.15, 0.2) is 12.2 Å². The lowest BCUT2D eigenvalue weighted by Crippen LogP contribution is -2.37.